The number of sulfone groups is 1. The van der Waals surface area contributed by atoms with Crippen molar-refractivity contribution >= 4 is 9.84 Å². The van der Waals surface area contributed by atoms with Crippen molar-refractivity contribution in [3.63, 3.8) is 0 Å². The van der Waals surface area contributed by atoms with Gasteiger partial charge in [-0.25, -0.2) is 8.42 Å². The van der Waals surface area contributed by atoms with E-state index >= 15 is 0 Å². The standard InChI is InChI=1S/C16H32N2O2S/c1-14-5-4-8-16(11-14,12-17-15-6-7-15)13-18(2)9-10-21(3,19)20/h14-15,17H,4-13H2,1-3H3. The molecule has 0 radical (unpaired) electrons. The topological polar surface area (TPSA) is 49.4 Å². The predicted molar refractivity (Wildman–Crippen MR) is 88.3 cm³/mol. The average molecular weight is 317 g/mol. The largest absolute Gasteiger partial charge is 0.313 e. The lowest BCUT2D eigenvalue weighted by Gasteiger charge is -2.43. The van der Waals surface area contributed by atoms with Gasteiger partial charge in [0.15, 0.2) is 0 Å². The smallest absolute Gasteiger partial charge is 0.148 e. The van der Waals surface area contributed by atoms with Gasteiger partial charge >= 0.3 is 0 Å². The van der Waals surface area contributed by atoms with Gasteiger partial charge in [-0.3, -0.25) is 0 Å². The molecule has 0 spiro atoms. The van der Waals surface area contributed by atoms with E-state index in [2.05, 4.69) is 24.2 Å². The summed E-state index contributed by atoms with van der Waals surface area (Å²) in [5.41, 5.74) is 0.340. The van der Waals surface area contributed by atoms with Gasteiger partial charge in [0.05, 0.1) is 5.75 Å². The van der Waals surface area contributed by atoms with E-state index < -0.39 is 9.84 Å². The van der Waals surface area contributed by atoms with Gasteiger partial charge < -0.3 is 10.2 Å². The monoisotopic (exact) mass is 316 g/mol. The van der Waals surface area contributed by atoms with Crippen molar-refractivity contribution in [3.05, 3.63) is 0 Å². The number of hydrogen-bond acceptors (Lipinski definition) is 4. The van der Waals surface area contributed by atoms with E-state index in [4.69, 9.17) is 0 Å². The molecule has 2 atom stereocenters. The molecule has 124 valence electrons. The molecule has 0 bridgehead atoms. The number of nitrogens with zero attached hydrogens (tertiary/aromatic N) is 1. The molecule has 0 aromatic heterocycles. The average Bonchev–Trinajstić information content (AvgIpc) is 3.17. The van der Waals surface area contributed by atoms with Gasteiger partial charge in [-0.05, 0) is 44.1 Å². The number of hydrogen-bond donors (Lipinski definition) is 1. The highest BCUT2D eigenvalue weighted by atomic mass is 32.2. The molecule has 1 N–H and O–H groups in total. The van der Waals surface area contributed by atoms with Gasteiger partial charge in [0.2, 0.25) is 0 Å². The quantitative estimate of drug-likeness (QED) is 0.743. The number of rotatable bonds is 8. The maximum absolute atomic E-state index is 11.3. The SMILES string of the molecule is CC1CCCC(CNC2CC2)(CN(C)CCS(C)(=O)=O)C1. The van der Waals surface area contributed by atoms with Gasteiger partial charge in [-0.2, -0.15) is 0 Å². The first kappa shape index (κ1) is 17.2. The molecule has 0 amide bonds. The Kier molecular flexibility index (Phi) is 5.71. The molecule has 2 aliphatic rings. The molecule has 2 saturated carbocycles. The van der Waals surface area contributed by atoms with E-state index in [0.29, 0.717) is 12.0 Å². The van der Waals surface area contributed by atoms with Crippen LogP contribution in [0.5, 0.6) is 0 Å². The summed E-state index contributed by atoms with van der Waals surface area (Å²) in [6.45, 7) is 5.14. The molecule has 2 fully saturated rings. The molecule has 4 nitrogen and oxygen atoms in total. The summed E-state index contributed by atoms with van der Waals surface area (Å²) in [6.07, 6.45) is 9.20. The third-order valence-electron chi connectivity index (χ3n) is 4.98. The van der Waals surface area contributed by atoms with Gasteiger partial charge in [0.25, 0.3) is 0 Å². The van der Waals surface area contributed by atoms with Crippen LogP contribution in [0.2, 0.25) is 0 Å². The van der Waals surface area contributed by atoms with Crippen LogP contribution in [0, 0.1) is 11.3 Å². The molecular formula is C16H32N2O2S. The molecule has 21 heavy (non-hydrogen) atoms. The maximum Gasteiger partial charge on any atom is 0.148 e. The molecule has 0 heterocycles. The first-order valence-electron chi connectivity index (χ1n) is 8.38. The Bertz CT molecular complexity index is 434. The summed E-state index contributed by atoms with van der Waals surface area (Å²) < 4.78 is 22.7. The zero-order chi connectivity index (χ0) is 15.5. The van der Waals surface area contributed by atoms with Crippen molar-refractivity contribution in [2.75, 3.05) is 38.7 Å². The second-order valence-corrected chi connectivity index (χ2v) is 9.98. The first-order valence-corrected chi connectivity index (χ1v) is 10.4. The summed E-state index contributed by atoms with van der Waals surface area (Å²) in [4.78, 5) is 2.23. The van der Waals surface area contributed by atoms with Crippen LogP contribution in [0.3, 0.4) is 0 Å². The van der Waals surface area contributed by atoms with Gasteiger partial charge in [0.1, 0.15) is 9.84 Å². The Labute approximate surface area is 130 Å². The molecule has 0 aromatic rings. The normalized spacial score (nSPS) is 30.8. The molecule has 0 aliphatic heterocycles. The van der Waals surface area contributed by atoms with Gasteiger partial charge in [-0.15, -0.1) is 0 Å². The molecule has 2 unspecified atom stereocenters. The second-order valence-electron chi connectivity index (χ2n) is 7.72. The third-order valence-corrected chi connectivity index (χ3v) is 5.90. The lowest BCUT2D eigenvalue weighted by Crippen LogP contribution is -2.47. The molecule has 0 saturated heterocycles. The minimum Gasteiger partial charge on any atom is -0.313 e. The molecular weight excluding hydrogens is 284 g/mol. The predicted octanol–water partition coefficient (Wildman–Crippen LogP) is 1.91. The van der Waals surface area contributed by atoms with Crippen molar-refractivity contribution in [3.8, 4) is 0 Å². The summed E-state index contributed by atoms with van der Waals surface area (Å²) in [5.74, 6) is 1.06. The van der Waals surface area contributed by atoms with Crippen LogP contribution in [-0.4, -0.2) is 58.1 Å². The van der Waals surface area contributed by atoms with Crippen LogP contribution in [0.15, 0.2) is 0 Å². The van der Waals surface area contributed by atoms with Crippen molar-refractivity contribution in [2.24, 2.45) is 11.3 Å². The van der Waals surface area contributed by atoms with Crippen LogP contribution in [0.4, 0.5) is 0 Å². The van der Waals surface area contributed by atoms with Crippen LogP contribution < -0.4 is 5.32 Å². The van der Waals surface area contributed by atoms with Crippen LogP contribution >= 0.6 is 0 Å². The summed E-state index contributed by atoms with van der Waals surface area (Å²) >= 11 is 0. The van der Waals surface area contributed by atoms with E-state index in [1.807, 2.05) is 0 Å². The Balaban J connectivity index is 1.90. The summed E-state index contributed by atoms with van der Waals surface area (Å²) in [5, 5.41) is 3.72. The van der Waals surface area contributed by atoms with Crippen molar-refractivity contribution < 1.29 is 8.42 Å². The molecule has 5 heteroatoms. The highest BCUT2D eigenvalue weighted by Crippen LogP contribution is 2.40. The zero-order valence-electron chi connectivity index (χ0n) is 13.9. The van der Waals surface area contributed by atoms with E-state index in [9.17, 15) is 8.42 Å². The fourth-order valence-electron chi connectivity index (χ4n) is 3.75. The molecule has 2 aliphatic carbocycles. The lowest BCUT2D eigenvalue weighted by atomic mass is 9.69. The summed E-state index contributed by atoms with van der Waals surface area (Å²) in [6, 6.07) is 0.750. The van der Waals surface area contributed by atoms with Crippen LogP contribution in [0.25, 0.3) is 0 Å². The van der Waals surface area contributed by atoms with E-state index in [1.165, 1.54) is 44.8 Å². The fraction of sp³-hybridized carbons (Fsp3) is 1.00. The highest BCUT2D eigenvalue weighted by Gasteiger charge is 2.37. The Morgan fingerprint density at radius 1 is 1.29 bits per heavy atom. The highest BCUT2D eigenvalue weighted by molar-refractivity contribution is 7.90. The zero-order valence-corrected chi connectivity index (χ0v) is 14.7. The Morgan fingerprint density at radius 2 is 2.00 bits per heavy atom. The Hall–Kier alpha value is -0.130. The lowest BCUT2D eigenvalue weighted by molar-refractivity contribution is 0.0940. The first-order chi connectivity index (χ1) is 9.78. The van der Waals surface area contributed by atoms with Crippen molar-refractivity contribution in [2.45, 2.75) is 51.5 Å². The molecule has 0 aromatic carbocycles. The van der Waals surface area contributed by atoms with E-state index in [0.717, 1.165) is 25.0 Å². The Morgan fingerprint density at radius 3 is 2.57 bits per heavy atom. The minimum absolute atomic E-state index is 0.269. The van der Waals surface area contributed by atoms with Crippen molar-refractivity contribution in [1.29, 1.82) is 0 Å². The fourth-order valence-corrected chi connectivity index (χ4v) is 4.39. The number of nitrogens with one attached hydrogen (secondary N) is 1. The third kappa shape index (κ3) is 6.25. The maximum atomic E-state index is 11.3. The molecule has 2 rings (SSSR count). The minimum atomic E-state index is -2.86. The summed E-state index contributed by atoms with van der Waals surface area (Å²) in [7, 11) is -0.791. The van der Waals surface area contributed by atoms with Crippen LogP contribution in [-0.2, 0) is 9.84 Å². The van der Waals surface area contributed by atoms with Crippen LogP contribution in [0.1, 0.15) is 45.4 Å². The van der Waals surface area contributed by atoms with E-state index in [-0.39, 0.29) is 5.75 Å². The van der Waals surface area contributed by atoms with Gasteiger partial charge in [0, 0.05) is 31.9 Å². The van der Waals surface area contributed by atoms with E-state index in [1.54, 1.807) is 0 Å². The van der Waals surface area contributed by atoms with Gasteiger partial charge in [-0.1, -0.05) is 19.8 Å². The van der Waals surface area contributed by atoms with Crippen molar-refractivity contribution in [1.82, 2.24) is 10.2 Å². The second kappa shape index (κ2) is 6.97.